The lowest BCUT2D eigenvalue weighted by Crippen LogP contribution is -2.30. The first-order valence-electron chi connectivity index (χ1n) is 4.74. The third-order valence-corrected chi connectivity index (χ3v) is 1.96. The van der Waals surface area contributed by atoms with Gasteiger partial charge in [-0.3, -0.25) is 10.1 Å². The van der Waals surface area contributed by atoms with Crippen molar-refractivity contribution < 1.29 is 9.59 Å². The summed E-state index contributed by atoms with van der Waals surface area (Å²) in [4.78, 5) is 25.8. The summed E-state index contributed by atoms with van der Waals surface area (Å²) in [7, 11) is 0. The van der Waals surface area contributed by atoms with Gasteiger partial charge in [-0.25, -0.2) is 9.78 Å². The Morgan fingerprint density at radius 2 is 2.19 bits per heavy atom. The minimum atomic E-state index is -0.393. The summed E-state index contributed by atoms with van der Waals surface area (Å²) in [5.74, 6) is 0.439. The molecular weight excluding hydrogens is 230 g/mol. The van der Waals surface area contributed by atoms with Crippen LogP contribution in [-0.4, -0.2) is 23.3 Å². The van der Waals surface area contributed by atoms with E-state index in [0.717, 1.165) is 0 Å². The number of hydrogen-bond acceptors (Lipinski definition) is 3. The SMILES string of the molecule is CC(=O)CCNC(=O)Nc1ccc(Cl)cn1. The number of nitrogens with zero attached hydrogens (tertiary/aromatic N) is 1. The van der Waals surface area contributed by atoms with E-state index in [1.165, 1.54) is 13.1 Å². The van der Waals surface area contributed by atoms with Crippen molar-refractivity contribution in [2.45, 2.75) is 13.3 Å². The highest BCUT2D eigenvalue weighted by atomic mass is 35.5. The zero-order chi connectivity index (χ0) is 12.0. The normalized spacial score (nSPS) is 9.62. The van der Waals surface area contributed by atoms with Crippen LogP contribution in [0.15, 0.2) is 18.3 Å². The zero-order valence-electron chi connectivity index (χ0n) is 8.79. The number of ketones is 1. The average Bonchev–Trinajstić information content (AvgIpc) is 2.21. The third kappa shape index (κ3) is 4.75. The number of amides is 2. The number of carbonyl (C=O) groups is 2. The van der Waals surface area contributed by atoms with Gasteiger partial charge in [-0.05, 0) is 19.1 Å². The highest BCUT2D eigenvalue weighted by molar-refractivity contribution is 6.30. The number of Topliss-reactive ketones (excluding diaryl/α,β-unsaturated/α-hetero) is 1. The topological polar surface area (TPSA) is 71.1 Å². The number of aromatic nitrogens is 1. The lowest BCUT2D eigenvalue weighted by molar-refractivity contribution is -0.116. The zero-order valence-corrected chi connectivity index (χ0v) is 9.54. The second-order valence-electron chi connectivity index (χ2n) is 3.19. The molecule has 0 bridgehead atoms. The summed E-state index contributed by atoms with van der Waals surface area (Å²) in [5.41, 5.74) is 0. The quantitative estimate of drug-likeness (QED) is 0.845. The molecule has 16 heavy (non-hydrogen) atoms. The van der Waals surface area contributed by atoms with Crippen molar-refractivity contribution in [1.29, 1.82) is 0 Å². The predicted octanol–water partition coefficient (Wildman–Crippen LogP) is 1.84. The van der Waals surface area contributed by atoms with Gasteiger partial charge in [0.25, 0.3) is 0 Å². The molecule has 0 aliphatic carbocycles. The van der Waals surface area contributed by atoms with Crippen molar-refractivity contribution in [3.05, 3.63) is 23.4 Å². The molecule has 1 rings (SSSR count). The van der Waals surface area contributed by atoms with Gasteiger partial charge in [-0.15, -0.1) is 0 Å². The van der Waals surface area contributed by atoms with Crippen molar-refractivity contribution in [1.82, 2.24) is 10.3 Å². The maximum Gasteiger partial charge on any atom is 0.320 e. The van der Waals surface area contributed by atoms with Crippen LogP contribution in [0.1, 0.15) is 13.3 Å². The molecule has 0 fully saturated rings. The fourth-order valence-corrected chi connectivity index (χ4v) is 1.07. The van der Waals surface area contributed by atoms with E-state index in [9.17, 15) is 9.59 Å². The Balaban J connectivity index is 2.34. The highest BCUT2D eigenvalue weighted by Crippen LogP contribution is 2.08. The fraction of sp³-hybridized carbons (Fsp3) is 0.300. The largest absolute Gasteiger partial charge is 0.337 e. The van der Waals surface area contributed by atoms with E-state index in [1.54, 1.807) is 12.1 Å². The number of rotatable bonds is 4. The van der Waals surface area contributed by atoms with Crippen LogP contribution in [0, 0.1) is 0 Å². The van der Waals surface area contributed by atoms with Crippen LogP contribution in [0.25, 0.3) is 0 Å². The van der Waals surface area contributed by atoms with Gasteiger partial charge in [0.2, 0.25) is 0 Å². The van der Waals surface area contributed by atoms with Gasteiger partial charge < -0.3 is 5.32 Å². The summed E-state index contributed by atoms with van der Waals surface area (Å²) in [6.45, 7) is 1.79. The summed E-state index contributed by atoms with van der Waals surface area (Å²) in [6.07, 6.45) is 1.76. The Morgan fingerprint density at radius 3 is 2.75 bits per heavy atom. The molecule has 1 aromatic heterocycles. The lowest BCUT2D eigenvalue weighted by atomic mass is 10.3. The van der Waals surface area contributed by atoms with Gasteiger partial charge in [-0.1, -0.05) is 11.6 Å². The van der Waals surface area contributed by atoms with E-state index >= 15 is 0 Å². The van der Waals surface area contributed by atoms with Gasteiger partial charge in [0.05, 0.1) is 5.02 Å². The molecule has 0 aromatic carbocycles. The number of urea groups is 1. The van der Waals surface area contributed by atoms with Crippen LogP contribution >= 0.6 is 11.6 Å². The molecule has 6 heteroatoms. The number of carbonyl (C=O) groups excluding carboxylic acids is 2. The summed E-state index contributed by atoms with van der Waals surface area (Å²) in [5, 5.41) is 5.55. The summed E-state index contributed by atoms with van der Waals surface area (Å²) >= 11 is 5.64. The Labute approximate surface area is 98.2 Å². The van der Waals surface area contributed by atoms with Crippen molar-refractivity contribution in [3.8, 4) is 0 Å². The molecule has 1 heterocycles. The smallest absolute Gasteiger partial charge is 0.320 e. The number of halogens is 1. The first-order chi connectivity index (χ1) is 7.58. The van der Waals surface area contributed by atoms with Crippen LogP contribution in [0.5, 0.6) is 0 Å². The Hall–Kier alpha value is -1.62. The van der Waals surface area contributed by atoms with E-state index in [2.05, 4.69) is 15.6 Å². The molecule has 2 N–H and O–H groups in total. The standard InChI is InChI=1S/C10H12ClN3O2/c1-7(15)4-5-12-10(16)14-9-3-2-8(11)6-13-9/h2-3,6H,4-5H2,1H3,(H2,12,13,14,16). The van der Waals surface area contributed by atoms with Crippen molar-refractivity contribution >= 4 is 29.2 Å². The van der Waals surface area contributed by atoms with Gasteiger partial charge in [0.15, 0.2) is 0 Å². The Kier molecular flexibility index (Phi) is 4.72. The highest BCUT2D eigenvalue weighted by Gasteiger charge is 2.02. The van der Waals surface area contributed by atoms with Crippen LogP contribution < -0.4 is 10.6 Å². The van der Waals surface area contributed by atoms with E-state index in [4.69, 9.17) is 11.6 Å². The van der Waals surface area contributed by atoms with E-state index < -0.39 is 6.03 Å². The predicted molar refractivity (Wildman–Crippen MR) is 61.6 cm³/mol. The van der Waals surface area contributed by atoms with Gasteiger partial charge >= 0.3 is 6.03 Å². The molecular formula is C10H12ClN3O2. The molecule has 86 valence electrons. The van der Waals surface area contributed by atoms with Crippen LogP contribution in [0.4, 0.5) is 10.6 Å². The minimum absolute atomic E-state index is 0.0323. The minimum Gasteiger partial charge on any atom is -0.337 e. The van der Waals surface area contributed by atoms with E-state index in [0.29, 0.717) is 23.8 Å². The van der Waals surface area contributed by atoms with Gasteiger partial charge in [0.1, 0.15) is 11.6 Å². The van der Waals surface area contributed by atoms with Gasteiger partial charge in [0, 0.05) is 19.2 Å². The lowest BCUT2D eigenvalue weighted by Gasteiger charge is -2.05. The molecule has 0 unspecified atom stereocenters. The van der Waals surface area contributed by atoms with Gasteiger partial charge in [-0.2, -0.15) is 0 Å². The molecule has 0 saturated carbocycles. The molecule has 0 aliphatic rings. The molecule has 1 aromatic rings. The maximum atomic E-state index is 11.3. The van der Waals surface area contributed by atoms with Crippen LogP contribution in [0.2, 0.25) is 5.02 Å². The molecule has 0 radical (unpaired) electrons. The monoisotopic (exact) mass is 241 g/mol. The maximum absolute atomic E-state index is 11.3. The first kappa shape index (κ1) is 12.4. The molecule has 2 amide bonds. The summed E-state index contributed by atoms with van der Waals surface area (Å²) in [6, 6.07) is 2.82. The molecule has 0 spiro atoms. The molecule has 0 saturated heterocycles. The second-order valence-corrected chi connectivity index (χ2v) is 3.63. The molecule has 0 atom stereocenters. The van der Waals surface area contributed by atoms with Crippen molar-refractivity contribution in [3.63, 3.8) is 0 Å². The number of pyridine rings is 1. The molecule has 5 nitrogen and oxygen atoms in total. The van der Waals surface area contributed by atoms with E-state index in [1.807, 2.05) is 0 Å². The molecule has 0 aliphatic heterocycles. The number of anilines is 1. The van der Waals surface area contributed by atoms with Crippen LogP contribution in [-0.2, 0) is 4.79 Å². The van der Waals surface area contributed by atoms with E-state index in [-0.39, 0.29) is 5.78 Å². The van der Waals surface area contributed by atoms with Crippen molar-refractivity contribution in [2.75, 3.05) is 11.9 Å². The Bertz CT molecular complexity index is 378. The first-order valence-corrected chi connectivity index (χ1v) is 5.11. The second kappa shape index (κ2) is 6.07. The third-order valence-electron chi connectivity index (χ3n) is 1.73. The average molecular weight is 242 g/mol. The number of hydrogen-bond donors (Lipinski definition) is 2. The van der Waals surface area contributed by atoms with Crippen LogP contribution in [0.3, 0.4) is 0 Å². The fourth-order valence-electron chi connectivity index (χ4n) is 0.962. The van der Waals surface area contributed by atoms with Crippen molar-refractivity contribution in [2.24, 2.45) is 0 Å². The summed E-state index contributed by atoms with van der Waals surface area (Å²) < 4.78 is 0. The number of nitrogens with one attached hydrogen (secondary N) is 2. The Morgan fingerprint density at radius 1 is 1.44 bits per heavy atom.